The maximum absolute atomic E-state index is 7.76. The summed E-state index contributed by atoms with van der Waals surface area (Å²) in [5, 5.41) is 6.11. The summed E-state index contributed by atoms with van der Waals surface area (Å²) in [4.78, 5) is 0. The van der Waals surface area contributed by atoms with Gasteiger partial charge in [-0.2, -0.15) is 0 Å². The first-order valence-corrected chi connectivity index (χ1v) is 20.8. The highest BCUT2D eigenvalue weighted by Gasteiger charge is 2.33. The fourth-order valence-electron chi connectivity index (χ4n) is 9.47. The molecule has 0 spiro atoms. The number of allylic oxidation sites excluding steroid dienone is 1. The fraction of sp³-hybridized carbons (Fsp3) is 0.127. The van der Waals surface area contributed by atoms with Crippen LogP contribution in [0.3, 0.4) is 0 Å². The lowest BCUT2D eigenvalue weighted by atomic mass is 9.81. The Hall–Kier alpha value is -7.06. The summed E-state index contributed by atoms with van der Waals surface area (Å²) in [6.45, 7) is 2.22. The van der Waals surface area contributed by atoms with Crippen LogP contribution in [0.25, 0.3) is 77.7 Å². The molecule has 7 aromatic carbocycles. The van der Waals surface area contributed by atoms with Gasteiger partial charge >= 0.3 is 0 Å². The number of nitrogens with two attached hydrogens (primary N) is 1. The number of unbranched alkanes of at least 4 members (excludes halogenated alkanes) is 1. The molecule has 0 fully saturated rings. The predicted molar refractivity (Wildman–Crippen MR) is 250 cm³/mol. The van der Waals surface area contributed by atoms with E-state index in [-0.39, 0.29) is 0 Å². The van der Waals surface area contributed by atoms with E-state index in [1.54, 1.807) is 0 Å². The lowest BCUT2D eigenvalue weighted by Crippen LogP contribution is -2.36. The molecule has 0 aliphatic heterocycles. The molecule has 0 saturated heterocycles. The van der Waals surface area contributed by atoms with E-state index in [0.29, 0.717) is 6.42 Å². The van der Waals surface area contributed by atoms with E-state index in [0.717, 1.165) is 64.9 Å². The van der Waals surface area contributed by atoms with Crippen molar-refractivity contribution in [1.82, 2.24) is 13.7 Å². The largest absolute Gasteiger partial charge is 0.321 e. The van der Waals surface area contributed by atoms with Crippen LogP contribution in [0.1, 0.15) is 49.4 Å². The molecule has 0 amide bonds. The van der Waals surface area contributed by atoms with Crippen molar-refractivity contribution in [2.24, 2.45) is 5.73 Å². The van der Waals surface area contributed by atoms with E-state index < -0.39 is 5.54 Å². The first-order chi connectivity index (χ1) is 29.1. The molecule has 286 valence electrons. The Morgan fingerprint density at radius 1 is 0.542 bits per heavy atom. The van der Waals surface area contributed by atoms with E-state index in [1.165, 1.54) is 49.2 Å². The summed E-state index contributed by atoms with van der Waals surface area (Å²) >= 11 is 0. The van der Waals surface area contributed by atoms with Gasteiger partial charge in [0.1, 0.15) is 0 Å². The average molecular weight is 763 g/mol. The number of fused-ring (bicyclic) bond motifs is 7. The minimum absolute atomic E-state index is 0.642. The second kappa shape index (κ2) is 15.0. The first-order valence-electron chi connectivity index (χ1n) is 20.8. The summed E-state index contributed by atoms with van der Waals surface area (Å²) in [7, 11) is 0. The van der Waals surface area contributed by atoms with E-state index in [9.17, 15) is 0 Å². The van der Waals surface area contributed by atoms with Crippen LogP contribution in [0.5, 0.6) is 0 Å². The fourth-order valence-corrected chi connectivity index (χ4v) is 9.47. The molecule has 10 rings (SSSR count). The van der Waals surface area contributed by atoms with Gasteiger partial charge in [0.25, 0.3) is 0 Å². The summed E-state index contributed by atoms with van der Waals surface area (Å²) in [5.74, 6) is 2.88. The first kappa shape index (κ1) is 36.3. The smallest absolute Gasteiger partial charge is 0.0541 e. The Bertz CT molecular complexity index is 3130. The minimum Gasteiger partial charge on any atom is -0.321 e. The second-order valence-corrected chi connectivity index (χ2v) is 15.7. The van der Waals surface area contributed by atoms with Gasteiger partial charge in [-0.15, -0.1) is 12.3 Å². The van der Waals surface area contributed by atoms with Crippen LogP contribution in [0, 0.1) is 12.3 Å². The van der Waals surface area contributed by atoms with Crippen molar-refractivity contribution < 1.29 is 0 Å². The van der Waals surface area contributed by atoms with E-state index in [2.05, 4.69) is 209 Å². The molecule has 3 heterocycles. The number of aromatic nitrogens is 3. The highest BCUT2D eigenvalue weighted by molar-refractivity contribution is 6.10. The maximum atomic E-state index is 7.76. The molecular weight excluding hydrogens is 717 g/mol. The monoisotopic (exact) mass is 762 g/mol. The zero-order chi connectivity index (χ0) is 39.9. The highest BCUT2D eigenvalue weighted by atomic mass is 15.0. The molecule has 0 aliphatic rings. The van der Waals surface area contributed by atoms with Gasteiger partial charge in [0.15, 0.2) is 0 Å². The van der Waals surface area contributed by atoms with Crippen molar-refractivity contribution in [2.45, 2.75) is 44.6 Å². The van der Waals surface area contributed by atoms with Gasteiger partial charge in [0, 0.05) is 61.5 Å². The number of hydrogen-bond donors (Lipinski definition) is 1. The highest BCUT2D eigenvalue weighted by Crippen LogP contribution is 2.43. The topological polar surface area (TPSA) is 40.8 Å². The summed E-state index contributed by atoms with van der Waals surface area (Å²) in [6, 6.07) is 61.4. The number of para-hydroxylation sites is 4. The summed E-state index contributed by atoms with van der Waals surface area (Å²) < 4.78 is 7.24. The van der Waals surface area contributed by atoms with E-state index in [1.807, 2.05) is 0 Å². The summed E-state index contributed by atoms with van der Waals surface area (Å²) in [6.07, 6.45) is 14.3. The van der Waals surface area contributed by atoms with Crippen molar-refractivity contribution in [3.05, 3.63) is 193 Å². The molecule has 1 unspecified atom stereocenters. The van der Waals surface area contributed by atoms with Gasteiger partial charge < -0.3 is 19.4 Å². The maximum Gasteiger partial charge on any atom is 0.0541 e. The van der Waals surface area contributed by atoms with Gasteiger partial charge in [-0.1, -0.05) is 122 Å². The molecule has 59 heavy (non-hydrogen) atoms. The number of terminal acetylenes is 1. The molecule has 0 aliphatic carbocycles. The van der Waals surface area contributed by atoms with Crippen LogP contribution in [0.4, 0.5) is 0 Å². The third-order valence-corrected chi connectivity index (χ3v) is 12.3. The van der Waals surface area contributed by atoms with Crippen LogP contribution in [0.15, 0.2) is 176 Å². The van der Waals surface area contributed by atoms with Crippen LogP contribution in [0.2, 0.25) is 0 Å². The molecule has 0 saturated carbocycles. The molecule has 1 atom stereocenters. The Labute approximate surface area is 345 Å². The zero-order valence-corrected chi connectivity index (χ0v) is 33.4. The molecule has 10 aromatic rings. The van der Waals surface area contributed by atoms with Crippen molar-refractivity contribution in [3.63, 3.8) is 0 Å². The number of rotatable bonds is 11. The van der Waals surface area contributed by atoms with Crippen LogP contribution in [-0.4, -0.2) is 13.7 Å². The minimum atomic E-state index is -0.642. The lowest BCUT2D eigenvalue weighted by molar-refractivity contribution is 0.387. The average Bonchev–Trinajstić information content (AvgIpc) is 3.92. The van der Waals surface area contributed by atoms with Gasteiger partial charge in [0.05, 0.1) is 33.3 Å². The number of hydrogen-bond acceptors (Lipinski definition) is 1. The molecule has 4 heteroatoms. The SMILES string of the molecule is C#CCCCC(N)(CC)c1c(/C=C\Cc2ccccc2)n(-c2cccc(-n3c4ccccc4c4ccccc43)c2)c2ccc(-n3c4ccccc4c4ccccc43)cc12. The van der Waals surface area contributed by atoms with Crippen LogP contribution in [-0.2, 0) is 12.0 Å². The Kier molecular flexibility index (Phi) is 9.25. The Balaban J connectivity index is 1.26. The standard InChI is InChI=1S/C55H46N4/c1-3-5-17-36-55(56,4-2)54-47-38-42(58-50-31-15-11-27-45(50)46-28-12-16-32-51(46)58)34-35-52(47)59(53(54)33-18-22-39-20-7-6-8-21-39)41-24-19-23-40(37-41)57-48-29-13-9-25-43(48)44-26-10-14-30-49(44)57/h1,6-16,18-21,23-35,37-38H,4-5,17,22,36,56H2,2H3/b33-18-. The molecule has 4 nitrogen and oxygen atoms in total. The Morgan fingerprint density at radius 2 is 1.03 bits per heavy atom. The van der Waals surface area contributed by atoms with Crippen molar-refractivity contribution >= 4 is 60.6 Å². The molecule has 0 radical (unpaired) electrons. The van der Waals surface area contributed by atoms with Crippen LogP contribution < -0.4 is 5.73 Å². The molecule has 2 N–H and O–H groups in total. The van der Waals surface area contributed by atoms with E-state index in [4.69, 9.17) is 12.2 Å². The third kappa shape index (κ3) is 6.14. The molecule has 3 aromatic heterocycles. The Morgan fingerprint density at radius 3 is 1.58 bits per heavy atom. The normalized spacial score (nSPS) is 13.0. The van der Waals surface area contributed by atoms with Crippen molar-refractivity contribution in [2.75, 3.05) is 0 Å². The quantitative estimate of drug-likeness (QED) is 0.103. The number of nitrogens with zero attached hydrogens (tertiary/aromatic N) is 3. The number of benzene rings is 7. The van der Waals surface area contributed by atoms with Gasteiger partial charge in [-0.05, 0) is 98.0 Å². The van der Waals surface area contributed by atoms with Gasteiger partial charge in [0.2, 0.25) is 0 Å². The van der Waals surface area contributed by atoms with Gasteiger partial charge in [-0.25, -0.2) is 0 Å². The van der Waals surface area contributed by atoms with Crippen LogP contribution >= 0.6 is 0 Å². The van der Waals surface area contributed by atoms with Crippen molar-refractivity contribution in [1.29, 1.82) is 0 Å². The molecular formula is C55H46N4. The zero-order valence-electron chi connectivity index (χ0n) is 33.4. The van der Waals surface area contributed by atoms with Crippen molar-refractivity contribution in [3.8, 4) is 29.4 Å². The predicted octanol–water partition coefficient (Wildman–Crippen LogP) is 13.4. The summed E-state index contributed by atoms with van der Waals surface area (Å²) in [5.41, 5.74) is 19.8. The molecule has 0 bridgehead atoms. The third-order valence-electron chi connectivity index (χ3n) is 12.3. The second-order valence-electron chi connectivity index (χ2n) is 15.7. The van der Waals surface area contributed by atoms with Gasteiger partial charge in [-0.3, -0.25) is 0 Å². The van der Waals surface area contributed by atoms with E-state index >= 15 is 0 Å². The lowest BCUT2D eigenvalue weighted by Gasteiger charge is -2.30.